The van der Waals surface area contributed by atoms with Crippen LogP contribution in [0.5, 0.6) is 0 Å². The summed E-state index contributed by atoms with van der Waals surface area (Å²) in [4.78, 5) is 14.1. The summed E-state index contributed by atoms with van der Waals surface area (Å²) < 4.78 is 5.37. The van der Waals surface area contributed by atoms with E-state index in [2.05, 4.69) is 0 Å². The molecule has 1 aliphatic rings. The van der Waals surface area contributed by atoms with Crippen molar-refractivity contribution in [3.63, 3.8) is 0 Å². The number of carbonyl (C=O) groups excluding carboxylic acids is 1. The van der Waals surface area contributed by atoms with Gasteiger partial charge in [0.1, 0.15) is 11.1 Å². The maximum absolute atomic E-state index is 12.0. The number of ether oxygens (including phenoxy) is 1. The molecule has 0 spiro atoms. The predicted molar refractivity (Wildman–Crippen MR) is 62.6 cm³/mol. The van der Waals surface area contributed by atoms with Crippen LogP contribution >= 0.6 is 12.2 Å². The van der Waals surface area contributed by atoms with Crippen molar-refractivity contribution in [3.05, 3.63) is 0 Å². The molecule has 0 aromatic rings. The first-order chi connectivity index (χ1) is 6.82. The number of thiocarbonyl (C=S) groups is 1. The van der Waals surface area contributed by atoms with Crippen molar-refractivity contribution >= 4 is 23.1 Å². The fraction of sp³-hybridized carbons (Fsp3) is 0.800. The third-order valence-corrected chi connectivity index (χ3v) is 2.58. The Morgan fingerprint density at radius 2 is 2.13 bits per heavy atom. The van der Waals surface area contributed by atoms with Gasteiger partial charge in [-0.3, -0.25) is 4.79 Å². The lowest BCUT2D eigenvalue weighted by molar-refractivity contribution is -0.144. The van der Waals surface area contributed by atoms with Crippen LogP contribution in [0.25, 0.3) is 0 Å². The molecule has 0 aliphatic carbocycles. The Labute approximate surface area is 95.8 Å². The molecule has 0 bridgehead atoms. The Morgan fingerprint density at radius 1 is 1.53 bits per heavy atom. The van der Waals surface area contributed by atoms with Crippen molar-refractivity contribution in [1.29, 1.82) is 0 Å². The van der Waals surface area contributed by atoms with Crippen LogP contribution < -0.4 is 5.73 Å². The van der Waals surface area contributed by atoms with Crippen molar-refractivity contribution in [3.8, 4) is 0 Å². The Bertz CT molecular complexity index is 273. The van der Waals surface area contributed by atoms with Crippen molar-refractivity contribution in [2.45, 2.75) is 26.9 Å². The van der Waals surface area contributed by atoms with E-state index >= 15 is 0 Å². The van der Waals surface area contributed by atoms with Crippen molar-refractivity contribution in [1.82, 2.24) is 4.90 Å². The van der Waals surface area contributed by atoms with Crippen molar-refractivity contribution < 1.29 is 9.53 Å². The molecule has 1 rings (SSSR count). The highest BCUT2D eigenvalue weighted by atomic mass is 32.1. The van der Waals surface area contributed by atoms with Crippen LogP contribution in [0.15, 0.2) is 0 Å². The molecular weight excluding hydrogens is 212 g/mol. The Morgan fingerprint density at radius 3 is 2.60 bits per heavy atom. The zero-order valence-electron chi connectivity index (χ0n) is 9.45. The van der Waals surface area contributed by atoms with Crippen LogP contribution in [0.1, 0.15) is 20.8 Å². The largest absolute Gasteiger partial charge is 0.391 e. The SMILES string of the molecule is CC(C)(C)C(=O)N1CCOC(C(N)=S)C1. The number of hydrogen-bond donors (Lipinski definition) is 1. The van der Waals surface area contributed by atoms with Crippen LogP contribution in [-0.2, 0) is 9.53 Å². The first-order valence-corrected chi connectivity index (χ1v) is 5.43. The van der Waals surface area contributed by atoms with Gasteiger partial charge >= 0.3 is 0 Å². The normalized spacial score (nSPS) is 22.6. The van der Waals surface area contributed by atoms with E-state index in [9.17, 15) is 4.79 Å². The molecule has 1 unspecified atom stereocenters. The van der Waals surface area contributed by atoms with E-state index in [1.807, 2.05) is 20.8 Å². The molecule has 0 radical (unpaired) electrons. The molecule has 5 heteroatoms. The highest BCUT2D eigenvalue weighted by Gasteiger charge is 2.32. The smallest absolute Gasteiger partial charge is 0.228 e. The topological polar surface area (TPSA) is 55.6 Å². The maximum atomic E-state index is 12.0. The molecule has 4 nitrogen and oxygen atoms in total. The number of amides is 1. The predicted octanol–water partition coefficient (Wildman–Crippen LogP) is 0.546. The zero-order valence-corrected chi connectivity index (χ0v) is 10.3. The molecule has 2 N–H and O–H groups in total. The monoisotopic (exact) mass is 230 g/mol. The van der Waals surface area contributed by atoms with E-state index < -0.39 is 0 Å². The minimum Gasteiger partial charge on any atom is -0.391 e. The lowest BCUT2D eigenvalue weighted by atomic mass is 9.94. The molecule has 86 valence electrons. The van der Waals surface area contributed by atoms with E-state index in [0.717, 1.165) is 0 Å². The highest BCUT2D eigenvalue weighted by molar-refractivity contribution is 7.80. The number of nitrogens with two attached hydrogens (primary N) is 1. The molecule has 1 atom stereocenters. The molecular formula is C10H18N2O2S. The fourth-order valence-corrected chi connectivity index (χ4v) is 1.62. The molecule has 1 aliphatic heterocycles. The van der Waals surface area contributed by atoms with Crippen LogP contribution in [0.3, 0.4) is 0 Å². The summed E-state index contributed by atoms with van der Waals surface area (Å²) in [7, 11) is 0. The van der Waals surface area contributed by atoms with Gasteiger partial charge in [-0.2, -0.15) is 0 Å². The van der Waals surface area contributed by atoms with Gasteiger partial charge in [-0.05, 0) is 0 Å². The summed E-state index contributed by atoms with van der Waals surface area (Å²) in [5.74, 6) is 0.118. The second kappa shape index (κ2) is 4.45. The maximum Gasteiger partial charge on any atom is 0.228 e. The molecule has 1 amide bonds. The standard InChI is InChI=1S/C10H18N2O2S/c1-10(2,3)9(13)12-4-5-14-7(6-12)8(11)15/h7H,4-6H2,1-3H3,(H2,11,15). The van der Waals surface area contributed by atoms with Gasteiger partial charge in [0.15, 0.2) is 0 Å². The van der Waals surface area contributed by atoms with Crippen LogP contribution in [-0.4, -0.2) is 41.6 Å². The molecule has 1 heterocycles. The van der Waals surface area contributed by atoms with Gasteiger partial charge in [0.2, 0.25) is 5.91 Å². The number of nitrogens with zero attached hydrogens (tertiary/aromatic N) is 1. The number of carbonyl (C=O) groups is 1. The van der Waals surface area contributed by atoms with E-state index in [4.69, 9.17) is 22.7 Å². The summed E-state index contributed by atoms with van der Waals surface area (Å²) in [6, 6.07) is 0. The average molecular weight is 230 g/mol. The quantitative estimate of drug-likeness (QED) is 0.668. The Hall–Kier alpha value is -0.680. The van der Waals surface area contributed by atoms with E-state index in [1.165, 1.54) is 0 Å². The molecule has 0 saturated carbocycles. The van der Waals surface area contributed by atoms with Gasteiger partial charge in [0.25, 0.3) is 0 Å². The van der Waals surface area contributed by atoms with E-state index in [1.54, 1.807) is 4.90 Å². The molecule has 0 aromatic carbocycles. The van der Waals surface area contributed by atoms with Gasteiger partial charge in [0, 0.05) is 12.0 Å². The van der Waals surface area contributed by atoms with Gasteiger partial charge in [-0.25, -0.2) is 0 Å². The van der Waals surface area contributed by atoms with Gasteiger partial charge in [-0.1, -0.05) is 33.0 Å². The van der Waals surface area contributed by atoms with Crippen LogP contribution in [0, 0.1) is 5.41 Å². The van der Waals surface area contributed by atoms with Crippen LogP contribution in [0.2, 0.25) is 0 Å². The minimum absolute atomic E-state index is 0.118. The third kappa shape index (κ3) is 3.14. The minimum atomic E-state index is -0.363. The fourth-order valence-electron chi connectivity index (χ4n) is 1.48. The third-order valence-electron chi connectivity index (χ3n) is 2.31. The second-order valence-corrected chi connectivity index (χ2v) is 5.23. The van der Waals surface area contributed by atoms with Crippen molar-refractivity contribution in [2.24, 2.45) is 11.1 Å². The first kappa shape index (κ1) is 12.4. The lowest BCUT2D eigenvalue weighted by Gasteiger charge is -2.36. The van der Waals surface area contributed by atoms with Crippen LogP contribution in [0.4, 0.5) is 0 Å². The number of rotatable bonds is 1. The highest BCUT2D eigenvalue weighted by Crippen LogP contribution is 2.19. The summed E-state index contributed by atoms with van der Waals surface area (Å²) in [6.45, 7) is 7.31. The zero-order chi connectivity index (χ0) is 11.6. The molecule has 1 fully saturated rings. The van der Waals surface area contributed by atoms with E-state index in [-0.39, 0.29) is 17.4 Å². The summed E-state index contributed by atoms with van der Waals surface area (Å²) in [6.07, 6.45) is -0.292. The average Bonchev–Trinajstić information content (AvgIpc) is 2.15. The first-order valence-electron chi connectivity index (χ1n) is 5.02. The summed E-state index contributed by atoms with van der Waals surface area (Å²) in [5, 5.41) is 0. The van der Waals surface area contributed by atoms with E-state index in [0.29, 0.717) is 24.7 Å². The number of hydrogen-bond acceptors (Lipinski definition) is 3. The van der Waals surface area contributed by atoms with Crippen molar-refractivity contribution in [2.75, 3.05) is 19.7 Å². The molecule has 1 saturated heterocycles. The lowest BCUT2D eigenvalue weighted by Crippen LogP contribution is -2.52. The summed E-state index contributed by atoms with van der Waals surface area (Å²) in [5.41, 5.74) is 5.14. The second-order valence-electron chi connectivity index (χ2n) is 4.76. The summed E-state index contributed by atoms with van der Waals surface area (Å²) >= 11 is 4.86. The molecule has 15 heavy (non-hydrogen) atoms. The molecule has 0 aromatic heterocycles. The van der Waals surface area contributed by atoms with Gasteiger partial charge < -0.3 is 15.4 Å². The Kier molecular flexibility index (Phi) is 3.67. The Balaban J connectivity index is 2.64. The van der Waals surface area contributed by atoms with Gasteiger partial charge in [-0.15, -0.1) is 0 Å². The van der Waals surface area contributed by atoms with Gasteiger partial charge in [0.05, 0.1) is 13.2 Å². The number of morpholine rings is 1.